The van der Waals surface area contributed by atoms with Gasteiger partial charge in [0, 0.05) is 6.42 Å². The lowest BCUT2D eigenvalue weighted by Crippen LogP contribution is -2.47. The monoisotopic (exact) mass is 540 g/mol. The minimum absolute atomic E-state index is 0.211. The fourth-order valence-electron chi connectivity index (χ4n) is 4.92. The van der Waals surface area contributed by atoms with Crippen molar-refractivity contribution in [2.75, 3.05) is 6.54 Å². The van der Waals surface area contributed by atoms with Gasteiger partial charge in [-0.25, -0.2) is 9.80 Å². The topological polar surface area (TPSA) is 107 Å². The molecular weight excluding hydrogens is 480 g/mol. The van der Waals surface area contributed by atoms with Crippen molar-refractivity contribution in [3.8, 4) is 0 Å². The van der Waals surface area contributed by atoms with Crippen LogP contribution in [-0.2, 0) is 9.59 Å². The highest BCUT2D eigenvalue weighted by molar-refractivity contribution is 5.81. The third-order valence-electron chi connectivity index (χ3n) is 7.29. The van der Waals surface area contributed by atoms with E-state index < -0.39 is 24.5 Å². The third-order valence-corrected chi connectivity index (χ3v) is 7.29. The lowest BCUT2D eigenvalue weighted by atomic mass is 10.0. The number of carboxylic acids is 1. The van der Waals surface area contributed by atoms with Crippen LogP contribution in [-0.4, -0.2) is 39.7 Å². The summed E-state index contributed by atoms with van der Waals surface area (Å²) in [6.07, 6.45) is 31.9. The SMILES string of the molecule is CCCCCCCCCCCCCCCCCCCCCCCCCCCC(=O)NN(CC(=O)O)C(=O)O. The highest BCUT2D eigenvalue weighted by atomic mass is 16.4. The van der Waals surface area contributed by atoms with Crippen molar-refractivity contribution in [2.45, 2.75) is 174 Å². The first kappa shape index (κ1) is 36.2. The summed E-state index contributed by atoms with van der Waals surface area (Å²) in [4.78, 5) is 33.3. The molecule has 0 spiro atoms. The van der Waals surface area contributed by atoms with E-state index in [9.17, 15) is 14.4 Å². The van der Waals surface area contributed by atoms with Crippen molar-refractivity contribution in [1.29, 1.82) is 0 Å². The zero-order valence-electron chi connectivity index (χ0n) is 24.7. The van der Waals surface area contributed by atoms with E-state index >= 15 is 0 Å². The molecule has 0 aromatic carbocycles. The first-order valence-corrected chi connectivity index (χ1v) is 16.0. The van der Waals surface area contributed by atoms with Crippen LogP contribution in [0.1, 0.15) is 174 Å². The number of nitrogens with one attached hydrogen (secondary N) is 1. The van der Waals surface area contributed by atoms with Crippen LogP contribution in [0.5, 0.6) is 0 Å². The molecule has 38 heavy (non-hydrogen) atoms. The summed E-state index contributed by atoms with van der Waals surface area (Å²) >= 11 is 0. The summed E-state index contributed by atoms with van der Waals surface area (Å²) in [6, 6.07) is 0. The zero-order chi connectivity index (χ0) is 28.1. The maximum absolute atomic E-state index is 11.8. The smallest absolute Gasteiger partial charge is 0.426 e. The van der Waals surface area contributed by atoms with Crippen LogP contribution in [0.15, 0.2) is 0 Å². The molecule has 0 rings (SSSR count). The van der Waals surface area contributed by atoms with E-state index in [1.807, 2.05) is 0 Å². The molecule has 0 fully saturated rings. The maximum Gasteiger partial charge on any atom is 0.426 e. The number of unbranched alkanes of at least 4 members (excludes halogenated alkanes) is 24. The second-order valence-electron chi connectivity index (χ2n) is 11.0. The van der Waals surface area contributed by atoms with Crippen LogP contribution in [0.25, 0.3) is 0 Å². The molecule has 0 aromatic heterocycles. The third kappa shape index (κ3) is 27.3. The van der Waals surface area contributed by atoms with Crippen molar-refractivity contribution in [2.24, 2.45) is 0 Å². The van der Waals surface area contributed by atoms with Gasteiger partial charge in [0.1, 0.15) is 6.54 Å². The number of carboxylic acid groups (broad SMARTS) is 2. The Morgan fingerprint density at radius 1 is 0.500 bits per heavy atom. The van der Waals surface area contributed by atoms with Crippen molar-refractivity contribution in [1.82, 2.24) is 10.4 Å². The first-order valence-electron chi connectivity index (χ1n) is 16.0. The van der Waals surface area contributed by atoms with Gasteiger partial charge in [-0.05, 0) is 6.42 Å². The Morgan fingerprint density at radius 2 is 0.789 bits per heavy atom. The fraction of sp³-hybridized carbons (Fsp3) is 0.903. The number of hydrazine groups is 1. The number of amides is 2. The second kappa shape index (κ2) is 28.2. The van der Waals surface area contributed by atoms with Gasteiger partial charge in [-0.1, -0.05) is 161 Å². The van der Waals surface area contributed by atoms with Crippen LogP contribution in [0.3, 0.4) is 0 Å². The molecule has 0 atom stereocenters. The number of aliphatic carboxylic acids is 1. The summed E-state index contributed by atoms with van der Waals surface area (Å²) in [5.41, 5.74) is 2.13. The lowest BCUT2D eigenvalue weighted by molar-refractivity contribution is -0.139. The fourth-order valence-corrected chi connectivity index (χ4v) is 4.92. The zero-order valence-corrected chi connectivity index (χ0v) is 24.7. The highest BCUT2D eigenvalue weighted by Crippen LogP contribution is 2.16. The quantitative estimate of drug-likeness (QED) is 0.0677. The molecule has 0 unspecified atom stereocenters. The van der Waals surface area contributed by atoms with E-state index in [1.165, 1.54) is 141 Å². The van der Waals surface area contributed by atoms with Crippen LogP contribution in [0.2, 0.25) is 0 Å². The largest absolute Gasteiger partial charge is 0.480 e. The molecule has 0 heterocycles. The Bertz CT molecular complexity index is 570. The number of nitrogens with zero attached hydrogens (tertiary/aromatic N) is 1. The molecule has 0 aliphatic rings. The number of carbonyl (C=O) groups is 3. The van der Waals surface area contributed by atoms with Gasteiger partial charge in [0.05, 0.1) is 0 Å². The van der Waals surface area contributed by atoms with Crippen molar-refractivity contribution in [3.05, 3.63) is 0 Å². The normalized spacial score (nSPS) is 11.0. The summed E-state index contributed by atoms with van der Waals surface area (Å²) < 4.78 is 0. The molecule has 7 nitrogen and oxygen atoms in total. The van der Waals surface area contributed by atoms with Crippen LogP contribution in [0.4, 0.5) is 4.79 Å². The van der Waals surface area contributed by atoms with E-state index in [2.05, 4.69) is 12.3 Å². The molecule has 3 N–H and O–H groups in total. The molecule has 0 aliphatic heterocycles. The average molecular weight is 541 g/mol. The predicted octanol–water partition coefficient (Wildman–Crippen LogP) is 9.24. The second-order valence-corrected chi connectivity index (χ2v) is 11.0. The van der Waals surface area contributed by atoms with Gasteiger partial charge in [0.15, 0.2) is 0 Å². The first-order chi connectivity index (χ1) is 18.5. The molecule has 2 amide bonds. The Kier molecular flexibility index (Phi) is 26.9. The molecule has 0 bridgehead atoms. The van der Waals surface area contributed by atoms with Crippen LogP contribution >= 0.6 is 0 Å². The van der Waals surface area contributed by atoms with Crippen molar-refractivity contribution < 1.29 is 24.6 Å². The Labute approximate surface area is 233 Å². The molecule has 7 heteroatoms. The van der Waals surface area contributed by atoms with Crippen molar-refractivity contribution in [3.63, 3.8) is 0 Å². The standard InChI is InChI=1S/C31H60N2O5/c1-2-3-4-5-6-7-8-9-10-11-12-13-14-15-16-17-18-19-20-21-22-23-24-25-26-27-29(34)32-33(31(37)38)28-30(35)36/h2-28H2,1H3,(H,32,34)(H,35,36)(H,37,38). The van der Waals surface area contributed by atoms with E-state index in [4.69, 9.17) is 10.2 Å². The molecule has 0 aliphatic carbocycles. The Hall–Kier alpha value is -1.79. The van der Waals surface area contributed by atoms with Gasteiger partial charge >= 0.3 is 12.1 Å². The molecule has 0 aromatic rings. The Morgan fingerprint density at radius 3 is 1.05 bits per heavy atom. The van der Waals surface area contributed by atoms with Gasteiger partial charge in [0.25, 0.3) is 0 Å². The average Bonchev–Trinajstić information content (AvgIpc) is 2.88. The minimum Gasteiger partial charge on any atom is -0.480 e. The maximum atomic E-state index is 11.8. The lowest BCUT2D eigenvalue weighted by Gasteiger charge is -2.17. The molecular formula is C31H60N2O5. The summed E-state index contributed by atoms with van der Waals surface area (Å²) in [6.45, 7) is 1.52. The van der Waals surface area contributed by atoms with Gasteiger partial charge < -0.3 is 10.2 Å². The minimum atomic E-state index is -1.48. The number of rotatable bonds is 28. The predicted molar refractivity (Wildman–Crippen MR) is 156 cm³/mol. The van der Waals surface area contributed by atoms with Crippen LogP contribution in [0, 0.1) is 0 Å². The molecule has 0 saturated heterocycles. The van der Waals surface area contributed by atoms with E-state index in [0.29, 0.717) is 11.4 Å². The van der Waals surface area contributed by atoms with Crippen LogP contribution < -0.4 is 5.43 Å². The number of hydrogen-bond donors (Lipinski definition) is 3. The molecule has 0 radical (unpaired) electrons. The summed E-state index contributed by atoms with van der Waals surface area (Å²) in [5, 5.41) is 18.0. The van der Waals surface area contributed by atoms with Crippen molar-refractivity contribution >= 4 is 18.0 Å². The summed E-state index contributed by atoms with van der Waals surface area (Å²) in [7, 11) is 0. The number of hydrogen-bond acceptors (Lipinski definition) is 3. The summed E-state index contributed by atoms with van der Waals surface area (Å²) in [5.74, 6) is -1.76. The van der Waals surface area contributed by atoms with E-state index in [0.717, 1.165) is 12.8 Å². The van der Waals surface area contributed by atoms with Gasteiger partial charge in [-0.2, -0.15) is 0 Å². The van der Waals surface area contributed by atoms with Gasteiger partial charge in [-0.15, -0.1) is 0 Å². The number of carbonyl (C=O) groups excluding carboxylic acids is 1. The van der Waals surface area contributed by atoms with E-state index in [-0.39, 0.29) is 6.42 Å². The van der Waals surface area contributed by atoms with Gasteiger partial charge in [0.2, 0.25) is 5.91 Å². The molecule has 0 saturated carbocycles. The highest BCUT2D eigenvalue weighted by Gasteiger charge is 2.17. The Balaban J connectivity index is 3.25. The molecule has 224 valence electrons. The van der Waals surface area contributed by atoms with Gasteiger partial charge in [-0.3, -0.25) is 15.0 Å². The van der Waals surface area contributed by atoms with E-state index in [1.54, 1.807) is 0 Å².